The van der Waals surface area contributed by atoms with Crippen molar-refractivity contribution < 1.29 is 4.42 Å². The zero-order valence-electron chi connectivity index (χ0n) is 34.4. The Morgan fingerprint density at radius 3 is 1.44 bits per heavy atom. The van der Waals surface area contributed by atoms with Crippen molar-refractivity contribution >= 4 is 60.8 Å². The van der Waals surface area contributed by atoms with Crippen molar-refractivity contribution in [2.45, 2.75) is 0 Å². The molecule has 0 radical (unpaired) electrons. The molecule has 10 aromatic carbocycles. The fourth-order valence-electron chi connectivity index (χ4n) is 9.40. The van der Waals surface area contributed by atoms with E-state index in [2.05, 4.69) is 246 Å². The molecule has 12 aromatic rings. The molecule has 0 N–H and O–H groups in total. The number of fused-ring (bicyclic) bond motifs is 6. The zero-order valence-corrected chi connectivity index (χ0v) is 34.4. The van der Waals surface area contributed by atoms with E-state index in [1.54, 1.807) is 0 Å². The van der Waals surface area contributed by atoms with Crippen molar-refractivity contribution in [1.29, 1.82) is 0 Å². The second-order valence-corrected chi connectivity index (χ2v) is 16.1. The Labute approximate surface area is 366 Å². The molecule has 0 saturated heterocycles. The minimum atomic E-state index is 0.900. The Bertz CT molecular complexity index is 3590. The van der Waals surface area contributed by atoms with Crippen molar-refractivity contribution in [2.75, 3.05) is 4.90 Å². The Morgan fingerprint density at radius 2 is 0.746 bits per heavy atom. The Morgan fingerprint density at radius 1 is 0.286 bits per heavy atom. The molecule has 63 heavy (non-hydrogen) atoms. The van der Waals surface area contributed by atoms with Gasteiger partial charge in [0.25, 0.3) is 0 Å². The molecular formula is C60H40N2O. The first-order valence-electron chi connectivity index (χ1n) is 21.5. The number of aromatic nitrogens is 1. The molecule has 3 nitrogen and oxygen atoms in total. The number of anilines is 3. The molecule has 0 spiro atoms. The number of para-hydroxylation sites is 4. The molecule has 3 heteroatoms. The summed E-state index contributed by atoms with van der Waals surface area (Å²) in [7, 11) is 0. The van der Waals surface area contributed by atoms with Crippen LogP contribution in [0.15, 0.2) is 247 Å². The van der Waals surface area contributed by atoms with Crippen LogP contribution >= 0.6 is 0 Å². The van der Waals surface area contributed by atoms with Gasteiger partial charge in [-0.05, 0) is 100 Å². The average Bonchev–Trinajstić information content (AvgIpc) is 3.91. The normalized spacial score (nSPS) is 11.5. The summed E-state index contributed by atoms with van der Waals surface area (Å²) in [5.41, 5.74) is 17.8. The van der Waals surface area contributed by atoms with Crippen molar-refractivity contribution in [3.63, 3.8) is 0 Å². The molecule has 0 aliphatic carbocycles. The van der Waals surface area contributed by atoms with E-state index in [-0.39, 0.29) is 0 Å². The van der Waals surface area contributed by atoms with Crippen LogP contribution in [0.5, 0.6) is 0 Å². The van der Waals surface area contributed by atoms with E-state index < -0.39 is 0 Å². The van der Waals surface area contributed by atoms with E-state index in [1.165, 1.54) is 38.5 Å². The highest BCUT2D eigenvalue weighted by molar-refractivity contribution is 6.13. The monoisotopic (exact) mass is 804 g/mol. The first kappa shape index (κ1) is 36.5. The van der Waals surface area contributed by atoms with Crippen molar-refractivity contribution in [3.8, 4) is 50.2 Å². The fraction of sp³-hybridized carbons (Fsp3) is 0. The highest BCUT2D eigenvalue weighted by atomic mass is 16.3. The maximum Gasteiger partial charge on any atom is 0.143 e. The number of benzene rings is 10. The smallest absolute Gasteiger partial charge is 0.143 e. The van der Waals surface area contributed by atoms with Crippen LogP contribution in [-0.2, 0) is 0 Å². The molecule has 0 bridgehead atoms. The van der Waals surface area contributed by atoms with E-state index in [1.807, 2.05) is 6.07 Å². The molecule has 0 fully saturated rings. The van der Waals surface area contributed by atoms with Crippen LogP contribution in [0.1, 0.15) is 0 Å². The van der Waals surface area contributed by atoms with Gasteiger partial charge in [-0.3, -0.25) is 0 Å². The molecule has 296 valence electrons. The van der Waals surface area contributed by atoms with Crippen LogP contribution in [0.2, 0.25) is 0 Å². The number of furan rings is 1. The molecule has 12 rings (SSSR count). The van der Waals surface area contributed by atoms with Gasteiger partial charge in [-0.2, -0.15) is 0 Å². The molecule has 0 saturated carbocycles. The second-order valence-electron chi connectivity index (χ2n) is 16.1. The first-order valence-corrected chi connectivity index (χ1v) is 21.5. The SMILES string of the molecule is c1ccc(-c2ccc(-n3c4ccccc4c4cc(-c5cccc(N(c6ccccc6)c6ccc(-c7cccc8c7oc7c(-c9ccccc9)cccc78)cc6)c5)ccc43)cc2)cc1. The van der Waals surface area contributed by atoms with Crippen LogP contribution in [-0.4, -0.2) is 4.57 Å². The predicted octanol–water partition coefficient (Wildman–Crippen LogP) is 16.8. The van der Waals surface area contributed by atoms with Gasteiger partial charge < -0.3 is 13.9 Å². The van der Waals surface area contributed by atoms with Crippen LogP contribution in [0.3, 0.4) is 0 Å². The summed E-state index contributed by atoms with van der Waals surface area (Å²) >= 11 is 0. The van der Waals surface area contributed by atoms with E-state index in [0.29, 0.717) is 0 Å². The predicted molar refractivity (Wildman–Crippen MR) is 264 cm³/mol. The van der Waals surface area contributed by atoms with Gasteiger partial charge in [-0.25, -0.2) is 0 Å². The van der Waals surface area contributed by atoms with E-state index in [0.717, 1.165) is 72.5 Å². The second kappa shape index (κ2) is 15.3. The van der Waals surface area contributed by atoms with Gasteiger partial charge in [-0.1, -0.05) is 176 Å². The topological polar surface area (TPSA) is 21.3 Å². The van der Waals surface area contributed by atoms with Crippen LogP contribution in [0.25, 0.3) is 93.9 Å². The first-order chi connectivity index (χ1) is 31.2. The van der Waals surface area contributed by atoms with Gasteiger partial charge in [0, 0.05) is 55.4 Å². The number of nitrogens with zero attached hydrogens (tertiary/aromatic N) is 2. The highest BCUT2D eigenvalue weighted by Crippen LogP contribution is 2.42. The fourth-order valence-corrected chi connectivity index (χ4v) is 9.40. The largest absolute Gasteiger partial charge is 0.455 e. The molecule has 2 heterocycles. The van der Waals surface area contributed by atoms with Gasteiger partial charge in [0.1, 0.15) is 11.2 Å². The van der Waals surface area contributed by atoms with Crippen molar-refractivity contribution in [1.82, 2.24) is 4.57 Å². The Balaban J connectivity index is 0.914. The summed E-state index contributed by atoms with van der Waals surface area (Å²) < 4.78 is 9.16. The molecule has 0 atom stereocenters. The third kappa shape index (κ3) is 6.38. The van der Waals surface area contributed by atoms with E-state index in [4.69, 9.17) is 4.42 Å². The quantitative estimate of drug-likeness (QED) is 0.153. The summed E-state index contributed by atoms with van der Waals surface area (Å²) in [6, 6.07) is 86.9. The standard InChI is InChI=1S/C60H40N2O/c1-4-15-41(16-5-1)42-29-34-49(35-30-42)62-57-28-11-10-23-53(57)56-40-46(33-38-58(56)62)45-19-12-22-50(39-45)61(47-20-8-3-9-21-47)48-36-31-44(32-37-48)52-25-14-27-55-54-26-13-24-51(59(54)63-60(52)55)43-17-6-2-7-18-43/h1-40H. The summed E-state index contributed by atoms with van der Waals surface area (Å²) in [4.78, 5) is 2.34. The lowest BCUT2D eigenvalue weighted by Crippen LogP contribution is -2.09. The lowest BCUT2D eigenvalue weighted by atomic mass is 9.99. The Hall–Kier alpha value is -8.40. The van der Waals surface area contributed by atoms with E-state index >= 15 is 0 Å². The summed E-state index contributed by atoms with van der Waals surface area (Å²) in [6.07, 6.45) is 0. The minimum absolute atomic E-state index is 0.900. The highest BCUT2D eigenvalue weighted by Gasteiger charge is 2.19. The van der Waals surface area contributed by atoms with Gasteiger partial charge in [0.05, 0.1) is 11.0 Å². The number of hydrogen-bond acceptors (Lipinski definition) is 2. The number of hydrogen-bond donors (Lipinski definition) is 0. The summed E-state index contributed by atoms with van der Waals surface area (Å²) in [5, 5.41) is 4.71. The van der Waals surface area contributed by atoms with Crippen LogP contribution < -0.4 is 4.90 Å². The molecule has 0 unspecified atom stereocenters. The van der Waals surface area contributed by atoms with Crippen molar-refractivity contribution in [2.24, 2.45) is 0 Å². The van der Waals surface area contributed by atoms with Gasteiger partial charge in [0.2, 0.25) is 0 Å². The molecule has 0 amide bonds. The van der Waals surface area contributed by atoms with Gasteiger partial charge >= 0.3 is 0 Å². The van der Waals surface area contributed by atoms with Crippen LogP contribution in [0.4, 0.5) is 17.1 Å². The third-order valence-corrected chi connectivity index (χ3v) is 12.4. The summed E-state index contributed by atoms with van der Waals surface area (Å²) in [6.45, 7) is 0. The lowest BCUT2D eigenvalue weighted by Gasteiger charge is -2.26. The number of rotatable bonds is 8. The molecule has 2 aromatic heterocycles. The van der Waals surface area contributed by atoms with E-state index in [9.17, 15) is 0 Å². The molecular weight excluding hydrogens is 765 g/mol. The maximum atomic E-state index is 6.78. The third-order valence-electron chi connectivity index (χ3n) is 12.4. The zero-order chi connectivity index (χ0) is 41.7. The maximum absolute atomic E-state index is 6.78. The van der Waals surface area contributed by atoms with Crippen molar-refractivity contribution in [3.05, 3.63) is 243 Å². The molecule has 0 aliphatic heterocycles. The van der Waals surface area contributed by atoms with Gasteiger partial charge in [0.15, 0.2) is 0 Å². The van der Waals surface area contributed by atoms with Gasteiger partial charge in [-0.15, -0.1) is 0 Å². The average molecular weight is 805 g/mol. The molecule has 0 aliphatic rings. The Kier molecular flexibility index (Phi) is 8.83. The summed E-state index contributed by atoms with van der Waals surface area (Å²) in [5.74, 6) is 0. The lowest BCUT2D eigenvalue weighted by molar-refractivity contribution is 0.671. The minimum Gasteiger partial charge on any atom is -0.455 e. The van der Waals surface area contributed by atoms with Crippen LogP contribution in [0, 0.1) is 0 Å².